The van der Waals surface area contributed by atoms with Crippen molar-refractivity contribution in [2.45, 2.75) is 0 Å². The van der Waals surface area contributed by atoms with Crippen LogP contribution < -0.4 is 0 Å². The molecule has 6 nitrogen and oxygen atoms in total. The lowest BCUT2D eigenvalue weighted by Crippen LogP contribution is -2.48. The van der Waals surface area contributed by atoms with Crippen molar-refractivity contribution >= 4 is 12.0 Å². The molecular formula is C23H24N4O2. The number of carbonyl (C=O) groups is 1. The Kier molecular flexibility index (Phi) is 5.72. The van der Waals surface area contributed by atoms with Crippen LogP contribution in [0.1, 0.15) is 16.1 Å². The largest absolute Gasteiger partial charge is 0.507 e. The van der Waals surface area contributed by atoms with Crippen molar-refractivity contribution in [3.05, 3.63) is 78.0 Å². The third kappa shape index (κ3) is 4.55. The lowest BCUT2D eigenvalue weighted by atomic mass is 10.1. The molecule has 4 rings (SSSR count). The van der Waals surface area contributed by atoms with Gasteiger partial charge >= 0.3 is 0 Å². The molecule has 0 spiro atoms. The molecule has 0 bridgehead atoms. The molecule has 0 aliphatic carbocycles. The van der Waals surface area contributed by atoms with E-state index in [0.29, 0.717) is 30.0 Å². The fraction of sp³-hybridized carbons (Fsp3) is 0.217. The molecule has 2 heterocycles. The van der Waals surface area contributed by atoms with Gasteiger partial charge in [-0.15, -0.1) is 0 Å². The molecule has 1 aliphatic rings. The number of aromatic amines is 1. The summed E-state index contributed by atoms with van der Waals surface area (Å²) < 4.78 is 0. The zero-order valence-electron chi connectivity index (χ0n) is 16.2. The number of phenols is 1. The van der Waals surface area contributed by atoms with Crippen molar-refractivity contribution in [2.24, 2.45) is 0 Å². The zero-order chi connectivity index (χ0) is 20.1. The van der Waals surface area contributed by atoms with Gasteiger partial charge in [-0.2, -0.15) is 5.10 Å². The predicted octanol–water partition coefficient (Wildman–Crippen LogP) is 3.25. The first-order valence-corrected chi connectivity index (χ1v) is 9.78. The Balaban J connectivity index is 1.31. The van der Waals surface area contributed by atoms with Gasteiger partial charge in [0.2, 0.25) is 0 Å². The van der Waals surface area contributed by atoms with Crippen molar-refractivity contribution in [1.82, 2.24) is 20.0 Å². The van der Waals surface area contributed by atoms with Crippen molar-refractivity contribution in [2.75, 3.05) is 32.7 Å². The molecular weight excluding hydrogens is 364 g/mol. The summed E-state index contributed by atoms with van der Waals surface area (Å²) in [6, 6.07) is 18.9. The van der Waals surface area contributed by atoms with E-state index in [1.165, 1.54) is 5.56 Å². The molecule has 1 saturated heterocycles. The zero-order valence-corrected chi connectivity index (χ0v) is 16.2. The van der Waals surface area contributed by atoms with Crippen LogP contribution in [0.25, 0.3) is 17.3 Å². The first-order chi connectivity index (χ1) is 14.2. The molecule has 1 fully saturated rings. The normalized spacial score (nSPS) is 15.1. The predicted molar refractivity (Wildman–Crippen MR) is 114 cm³/mol. The second-order valence-corrected chi connectivity index (χ2v) is 7.09. The molecule has 3 aromatic rings. The minimum atomic E-state index is -0.0568. The molecule has 0 unspecified atom stereocenters. The van der Waals surface area contributed by atoms with Crippen LogP contribution in [0, 0.1) is 0 Å². The minimum absolute atomic E-state index is 0.0568. The lowest BCUT2D eigenvalue weighted by molar-refractivity contribution is 0.0644. The molecule has 1 amide bonds. The number of aromatic nitrogens is 2. The summed E-state index contributed by atoms with van der Waals surface area (Å²) in [5.74, 6) is 0.0915. The molecule has 148 valence electrons. The summed E-state index contributed by atoms with van der Waals surface area (Å²) in [4.78, 5) is 17.0. The number of carbonyl (C=O) groups excluding carboxylic acids is 1. The molecule has 1 aromatic heterocycles. The number of amides is 1. The number of phenolic OH excluding ortho intramolecular Hbond substituents is 1. The Bertz CT molecular complexity index is 989. The fourth-order valence-corrected chi connectivity index (χ4v) is 3.47. The van der Waals surface area contributed by atoms with Crippen LogP contribution in [-0.2, 0) is 0 Å². The van der Waals surface area contributed by atoms with Gasteiger partial charge in [0.25, 0.3) is 5.91 Å². The van der Waals surface area contributed by atoms with E-state index in [9.17, 15) is 9.90 Å². The van der Waals surface area contributed by atoms with Gasteiger partial charge in [-0.3, -0.25) is 14.8 Å². The minimum Gasteiger partial charge on any atom is -0.507 e. The van der Waals surface area contributed by atoms with Crippen LogP contribution >= 0.6 is 0 Å². The fourth-order valence-electron chi connectivity index (χ4n) is 3.47. The number of piperazine rings is 1. The molecule has 29 heavy (non-hydrogen) atoms. The van der Waals surface area contributed by atoms with Gasteiger partial charge in [-0.1, -0.05) is 54.6 Å². The van der Waals surface area contributed by atoms with Crippen molar-refractivity contribution < 1.29 is 9.90 Å². The van der Waals surface area contributed by atoms with Crippen LogP contribution in [0.15, 0.2) is 66.7 Å². The average Bonchev–Trinajstić information content (AvgIpc) is 3.25. The highest BCUT2D eigenvalue weighted by Crippen LogP contribution is 2.27. The molecule has 0 atom stereocenters. The highest BCUT2D eigenvalue weighted by atomic mass is 16.3. The summed E-state index contributed by atoms with van der Waals surface area (Å²) in [6.45, 7) is 3.92. The van der Waals surface area contributed by atoms with E-state index in [1.54, 1.807) is 24.3 Å². The second kappa shape index (κ2) is 8.75. The summed E-state index contributed by atoms with van der Waals surface area (Å²) >= 11 is 0. The SMILES string of the molecule is O=C(c1cc(-c2ccccc2O)n[nH]1)N1CCN(C/C=C/c2ccccc2)CC1. The van der Waals surface area contributed by atoms with Crippen LogP contribution in [0.2, 0.25) is 0 Å². The monoisotopic (exact) mass is 388 g/mol. The maximum Gasteiger partial charge on any atom is 0.271 e. The number of hydrogen-bond acceptors (Lipinski definition) is 4. The molecule has 0 saturated carbocycles. The van der Waals surface area contributed by atoms with E-state index < -0.39 is 0 Å². The number of rotatable bonds is 5. The van der Waals surface area contributed by atoms with E-state index in [-0.39, 0.29) is 11.7 Å². The summed E-state index contributed by atoms with van der Waals surface area (Å²) in [7, 11) is 0. The Hall–Kier alpha value is -3.38. The Labute approximate surface area is 170 Å². The number of hydrogen-bond donors (Lipinski definition) is 2. The third-order valence-electron chi connectivity index (χ3n) is 5.12. The first kappa shape index (κ1) is 19.0. The smallest absolute Gasteiger partial charge is 0.271 e. The Morgan fingerprint density at radius 3 is 2.52 bits per heavy atom. The maximum atomic E-state index is 12.8. The summed E-state index contributed by atoms with van der Waals surface area (Å²) in [5, 5.41) is 17.0. The molecule has 6 heteroatoms. The van der Waals surface area contributed by atoms with Crippen molar-refractivity contribution in [1.29, 1.82) is 0 Å². The summed E-state index contributed by atoms with van der Waals surface area (Å²) in [6.07, 6.45) is 4.29. The quantitative estimate of drug-likeness (QED) is 0.704. The number of H-pyrrole nitrogens is 1. The van der Waals surface area contributed by atoms with Gasteiger partial charge in [0.05, 0.1) is 5.69 Å². The van der Waals surface area contributed by atoms with Gasteiger partial charge in [0.15, 0.2) is 0 Å². The van der Waals surface area contributed by atoms with E-state index in [2.05, 4.69) is 39.4 Å². The van der Waals surface area contributed by atoms with Crippen LogP contribution in [0.4, 0.5) is 0 Å². The Morgan fingerprint density at radius 1 is 1.03 bits per heavy atom. The highest BCUT2D eigenvalue weighted by molar-refractivity contribution is 5.93. The van der Waals surface area contributed by atoms with E-state index in [4.69, 9.17) is 0 Å². The van der Waals surface area contributed by atoms with Gasteiger partial charge in [-0.25, -0.2) is 0 Å². The molecule has 0 radical (unpaired) electrons. The van der Waals surface area contributed by atoms with Gasteiger partial charge in [0, 0.05) is 38.3 Å². The van der Waals surface area contributed by atoms with Crippen molar-refractivity contribution in [3.8, 4) is 17.0 Å². The number of nitrogens with zero attached hydrogens (tertiary/aromatic N) is 3. The molecule has 1 aliphatic heterocycles. The van der Waals surface area contributed by atoms with Crippen molar-refractivity contribution in [3.63, 3.8) is 0 Å². The average molecular weight is 388 g/mol. The van der Waals surface area contributed by atoms with Gasteiger partial charge < -0.3 is 10.0 Å². The second-order valence-electron chi connectivity index (χ2n) is 7.09. The van der Waals surface area contributed by atoms with Crippen LogP contribution in [0.5, 0.6) is 5.75 Å². The van der Waals surface area contributed by atoms with Gasteiger partial charge in [0.1, 0.15) is 11.4 Å². The van der Waals surface area contributed by atoms with E-state index in [1.807, 2.05) is 29.2 Å². The number of aromatic hydroxyl groups is 1. The number of para-hydroxylation sites is 1. The van der Waals surface area contributed by atoms with Crippen LogP contribution in [0.3, 0.4) is 0 Å². The number of benzene rings is 2. The standard InChI is InChI=1S/C23H24N4O2/c28-22-11-5-4-10-19(22)20-17-21(25-24-20)23(29)27-15-13-26(14-16-27)12-6-9-18-7-2-1-3-8-18/h1-11,17,28H,12-16H2,(H,24,25)/b9-6+. The van der Waals surface area contributed by atoms with E-state index >= 15 is 0 Å². The van der Waals surface area contributed by atoms with Gasteiger partial charge in [-0.05, 0) is 23.8 Å². The lowest BCUT2D eigenvalue weighted by Gasteiger charge is -2.33. The maximum absolute atomic E-state index is 12.8. The molecule has 2 aromatic carbocycles. The van der Waals surface area contributed by atoms with Crippen LogP contribution in [-0.4, -0.2) is 63.7 Å². The number of nitrogens with one attached hydrogen (secondary N) is 1. The third-order valence-corrected chi connectivity index (χ3v) is 5.12. The first-order valence-electron chi connectivity index (χ1n) is 9.78. The topological polar surface area (TPSA) is 72.5 Å². The Morgan fingerprint density at radius 2 is 1.76 bits per heavy atom. The van der Waals surface area contributed by atoms with E-state index in [0.717, 1.165) is 19.6 Å². The molecule has 2 N–H and O–H groups in total. The summed E-state index contributed by atoms with van der Waals surface area (Å²) in [5.41, 5.74) is 2.82. The highest BCUT2D eigenvalue weighted by Gasteiger charge is 2.23.